The van der Waals surface area contributed by atoms with Crippen molar-refractivity contribution in [2.45, 2.75) is 31.3 Å². The summed E-state index contributed by atoms with van der Waals surface area (Å²) >= 11 is 1.84. The minimum absolute atomic E-state index is 0.00320. The van der Waals surface area contributed by atoms with Crippen LogP contribution in [0.5, 0.6) is 0 Å². The molecule has 11 heteroatoms. The second-order valence-electron chi connectivity index (χ2n) is 7.25. The zero-order valence-electron chi connectivity index (χ0n) is 16.2. The number of fused-ring (bicyclic) bond motifs is 1. The normalized spacial score (nSPS) is 12.0. The molecule has 158 valence electrons. The Kier molecular flexibility index (Phi) is 5.78. The summed E-state index contributed by atoms with van der Waals surface area (Å²) in [5, 5.41) is 13.6. The van der Waals surface area contributed by atoms with Gasteiger partial charge in [0.2, 0.25) is 0 Å². The minimum Gasteiger partial charge on any atom is -0.463 e. The van der Waals surface area contributed by atoms with Crippen molar-refractivity contribution in [2.75, 3.05) is 4.31 Å². The highest BCUT2D eigenvalue weighted by Gasteiger charge is 2.35. The van der Waals surface area contributed by atoms with Crippen LogP contribution in [0.25, 0.3) is 10.9 Å². The third-order valence-corrected chi connectivity index (χ3v) is 6.38. The van der Waals surface area contributed by atoms with Crippen LogP contribution in [0, 0.1) is 3.70 Å². The Labute approximate surface area is 186 Å². The molecule has 0 unspecified atom stereocenters. The van der Waals surface area contributed by atoms with Crippen molar-refractivity contribution in [2.24, 2.45) is 0 Å². The van der Waals surface area contributed by atoms with Gasteiger partial charge in [-0.1, -0.05) is 18.2 Å². The number of rotatable bonds is 3. The molecule has 0 saturated carbocycles. The van der Waals surface area contributed by atoms with Crippen LogP contribution >= 0.6 is 22.6 Å². The highest BCUT2D eigenvalue weighted by molar-refractivity contribution is 14.1. The minimum atomic E-state index is -4.30. The van der Waals surface area contributed by atoms with Gasteiger partial charge in [-0.15, -0.1) is 0 Å². The lowest BCUT2D eigenvalue weighted by atomic mass is 10.2. The van der Waals surface area contributed by atoms with Gasteiger partial charge in [-0.05, 0) is 73.7 Å². The molecule has 3 rings (SSSR count). The monoisotopic (exact) mass is 543 g/mol. The summed E-state index contributed by atoms with van der Waals surface area (Å²) in [6, 6.07) is 11.6. The number of nitrogens with zero attached hydrogens (tertiary/aromatic N) is 3. The van der Waals surface area contributed by atoms with Crippen LogP contribution < -0.4 is 4.31 Å². The SMILES string of the molecule is CC(C)(C)OC(=O)N(c1ccc2c(c1)c(I)nn2C(=O)O)S(=O)(=O)c1ccccc1. The number of carboxylic acid groups (broad SMARTS) is 1. The Bertz CT molecular complexity index is 1230. The molecule has 0 fully saturated rings. The molecule has 1 heterocycles. The zero-order chi connectivity index (χ0) is 22.3. The summed E-state index contributed by atoms with van der Waals surface area (Å²) in [5.74, 6) is 0. The number of halogens is 1. The highest BCUT2D eigenvalue weighted by Crippen LogP contribution is 2.31. The zero-order valence-corrected chi connectivity index (χ0v) is 19.2. The van der Waals surface area contributed by atoms with E-state index < -0.39 is 27.8 Å². The second kappa shape index (κ2) is 7.87. The third-order valence-electron chi connectivity index (χ3n) is 3.87. The third kappa shape index (κ3) is 4.26. The Morgan fingerprint density at radius 3 is 2.33 bits per heavy atom. The second-order valence-corrected chi connectivity index (χ2v) is 10.1. The molecule has 0 aliphatic rings. The molecular formula is C19H18IN3O6S. The van der Waals surface area contributed by atoms with Crippen molar-refractivity contribution in [1.82, 2.24) is 9.78 Å². The van der Waals surface area contributed by atoms with E-state index in [1.165, 1.54) is 30.3 Å². The van der Waals surface area contributed by atoms with Gasteiger partial charge in [0.15, 0.2) is 0 Å². The molecule has 0 atom stereocenters. The van der Waals surface area contributed by atoms with E-state index in [0.717, 1.165) is 4.68 Å². The topological polar surface area (TPSA) is 119 Å². The molecule has 0 saturated heterocycles. The number of benzene rings is 2. The molecule has 1 amide bonds. The largest absolute Gasteiger partial charge is 0.463 e. The average molecular weight is 543 g/mol. The summed E-state index contributed by atoms with van der Waals surface area (Å²) in [5.41, 5.74) is -0.672. The van der Waals surface area contributed by atoms with Crippen LogP contribution in [-0.2, 0) is 14.8 Å². The molecule has 30 heavy (non-hydrogen) atoms. The van der Waals surface area contributed by atoms with E-state index in [0.29, 0.717) is 13.4 Å². The van der Waals surface area contributed by atoms with Gasteiger partial charge in [0, 0.05) is 5.39 Å². The van der Waals surface area contributed by atoms with Crippen molar-refractivity contribution in [1.29, 1.82) is 0 Å². The smallest absolute Gasteiger partial charge is 0.432 e. The van der Waals surface area contributed by atoms with Crippen molar-refractivity contribution in [3.05, 3.63) is 52.2 Å². The van der Waals surface area contributed by atoms with Crippen LogP contribution in [0.15, 0.2) is 53.4 Å². The number of carbonyl (C=O) groups is 2. The maximum atomic E-state index is 13.3. The predicted molar refractivity (Wildman–Crippen MR) is 118 cm³/mol. The number of ether oxygens (including phenoxy) is 1. The summed E-state index contributed by atoms with van der Waals surface area (Å²) in [4.78, 5) is 24.2. The fourth-order valence-electron chi connectivity index (χ4n) is 2.69. The van der Waals surface area contributed by atoms with Crippen LogP contribution in [0.2, 0.25) is 0 Å². The molecule has 1 N–H and O–H groups in total. The van der Waals surface area contributed by atoms with Gasteiger partial charge >= 0.3 is 12.2 Å². The Morgan fingerprint density at radius 2 is 1.77 bits per heavy atom. The van der Waals surface area contributed by atoms with Gasteiger partial charge in [0.05, 0.1) is 16.1 Å². The maximum Gasteiger partial charge on any atom is 0.432 e. The van der Waals surface area contributed by atoms with Crippen LogP contribution in [0.4, 0.5) is 15.3 Å². The number of anilines is 1. The number of amides is 1. The first-order valence-corrected chi connectivity index (χ1v) is 11.2. The molecule has 2 aromatic carbocycles. The lowest BCUT2D eigenvalue weighted by Crippen LogP contribution is -2.41. The lowest BCUT2D eigenvalue weighted by molar-refractivity contribution is 0.0609. The first-order valence-electron chi connectivity index (χ1n) is 8.67. The highest BCUT2D eigenvalue weighted by atomic mass is 127. The van der Waals surface area contributed by atoms with Gasteiger partial charge in [0.1, 0.15) is 9.30 Å². The summed E-state index contributed by atoms with van der Waals surface area (Å²) in [7, 11) is -4.30. The van der Waals surface area contributed by atoms with Crippen LogP contribution in [0.3, 0.4) is 0 Å². The average Bonchev–Trinajstić information content (AvgIpc) is 2.97. The van der Waals surface area contributed by atoms with E-state index in [-0.39, 0.29) is 16.1 Å². The molecule has 0 aliphatic heterocycles. The predicted octanol–water partition coefficient (Wildman–Crippen LogP) is 4.30. The van der Waals surface area contributed by atoms with E-state index >= 15 is 0 Å². The standard InChI is InChI=1S/C19H18IN3O6S/c1-19(2,3)29-18(26)23(30(27,28)13-7-5-4-6-8-13)12-9-10-15-14(11-12)16(20)21-22(15)17(24)25/h4-11H,1-3H3,(H,24,25). The Morgan fingerprint density at radius 1 is 1.13 bits per heavy atom. The van der Waals surface area contributed by atoms with Crippen molar-refractivity contribution in [3.8, 4) is 0 Å². The van der Waals surface area contributed by atoms with E-state index in [2.05, 4.69) is 5.10 Å². The van der Waals surface area contributed by atoms with E-state index in [1.807, 2.05) is 22.6 Å². The Balaban J connectivity index is 2.21. The fraction of sp³-hybridized carbons (Fsp3) is 0.211. The summed E-state index contributed by atoms with van der Waals surface area (Å²) in [6.45, 7) is 4.88. The summed E-state index contributed by atoms with van der Waals surface area (Å²) in [6.07, 6.45) is -2.36. The molecule has 9 nitrogen and oxygen atoms in total. The van der Waals surface area contributed by atoms with Crippen LogP contribution in [0.1, 0.15) is 20.8 Å². The van der Waals surface area contributed by atoms with E-state index in [9.17, 15) is 23.1 Å². The molecule has 0 aliphatic carbocycles. The number of hydrogen-bond acceptors (Lipinski definition) is 6. The van der Waals surface area contributed by atoms with Gasteiger partial charge in [-0.2, -0.15) is 14.1 Å². The quantitative estimate of drug-likeness (QED) is 0.490. The van der Waals surface area contributed by atoms with Crippen molar-refractivity contribution >= 4 is 61.4 Å². The Hall–Kier alpha value is -2.67. The van der Waals surface area contributed by atoms with E-state index in [1.54, 1.807) is 39.0 Å². The van der Waals surface area contributed by atoms with E-state index in [4.69, 9.17) is 4.74 Å². The first kappa shape index (κ1) is 22.0. The van der Waals surface area contributed by atoms with Crippen LogP contribution in [-0.4, -0.2) is 41.1 Å². The van der Waals surface area contributed by atoms with Crippen molar-refractivity contribution < 1.29 is 27.9 Å². The molecule has 1 aromatic heterocycles. The lowest BCUT2D eigenvalue weighted by Gasteiger charge is -2.27. The summed E-state index contributed by atoms with van der Waals surface area (Å²) < 4.78 is 33.6. The number of carbonyl (C=O) groups excluding carboxylic acids is 1. The number of aromatic nitrogens is 2. The number of sulfonamides is 1. The molecule has 3 aromatic rings. The maximum absolute atomic E-state index is 13.3. The van der Waals surface area contributed by atoms with Gasteiger partial charge in [-0.3, -0.25) is 0 Å². The van der Waals surface area contributed by atoms with Gasteiger partial charge in [0.25, 0.3) is 10.0 Å². The number of hydrogen-bond donors (Lipinski definition) is 1. The van der Waals surface area contributed by atoms with Crippen molar-refractivity contribution in [3.63, 3.8) is 0 Å². The molecule has 0 spiro atoms. The van der Waals surface area contributed by atoms with Gasteiger partial charge < -0.3 is 9.84 Å². The van der Waals surface area contributed by atoms with Gasteiger partial charge in [-0.25, -0.2) is 18.0 Å². The fourth-order valence-corrected chi connectivity index (χ4v) is 4.67. The molecule has 0 radical (unpaired) electrons. The molecular weight excluding hydrogens is 525 g/mol. The molecule has 0 bridgehead atoms. The first-order chi connectivity index (χ1) is 13.9.